The van der Waals surface area contributed by atoms with Gasteiger partial charge in [-0.15, -0.1) is 10.0 Å². The van der Waals surface area contributed by atoms with Crippen molar-refractivity contribution >= 4 is 35.2 Å². The van der Waals surface area contributed by atoms with Gasteiger partial charge >= 0.3 is 0 Å². The SMILES string of the molecule is CC(C)[P+]1(C(C)C)c2ccccc2S2(C)c3ccccc3[P+](C(C)C)(C(C)C)C12. The van der Waals surface area contributed by atoms with Crippen molar-refractivity contribution in [2.75, 3.05) is 6.26 Å². The summed E-state index contributed by atoms with van der Waals surface area (Å²) < 4.78 is 0.872. The first-order chi connectivity index (χ1) is 13.6. The number of benzene rings is 2. The number of hydrogen-bond acceptors (Lipinski definition) is 0. The molecule has 2 aromatic rings. The Hall–Kier alpha value is -0.350. The summed E-state index contributed by atoms with van der Waals surface area (Å²) in [7, 11) is -3.78. The maximum Gasteiger partial charge on any atom is 0.215 e. The van der Waals surface area contributed by atoms with Crippen molar-refractivity contribution in [1.29, 1.82) is 0 Å². The zero-order valence-corrected chi connectivity index (χ0v) is 22.4. The summed E-state index contributed by atoms with van der Waals surface area (Å²) in [5.74, 6) is 0. The highest BCUT2D eigenvalue weighted by molar-refractivity contribution is 8.46. The van der Waals surface area contributed by atoms with Crippen LogP contribution in [0.2, 0.25) is 0 Å². The van der Waals surface area contributed by atoms with Gasteiger partial charge in [-0.1, -0.05) is 24.3 Å². The Bertz CT molecular complexity index is 840. The van der Waals surface area contributed by atoms with Crippen LogP contribution in [0.15, 0.2) is 58.3 Å². The Morgan fingerprint density at radius 1 is 0.586 bits per heavy atom. The third kappa shape index (κ3) is 2.37. The van der Waals surface area contributed by atoms with Gasteiger partial charge in [0.15, 0.2) is 0 Å². The van der Waals surface area contributed by atoms with E-state index in [9.17, 15) is 0 Å². The second-order valence-electron chi connectivity index (χ2n) is 10.3. The van der Waals surface area contributed by atoms with Crippen LogP contribution in [0.5, 0.6) is 0 Å². The van der Waals surface area contributed by atoms with Crippen molar-refractivity contribution in [2.45, 2.75) is 92.5 Å². The van der Waals surface area contributed by atoms with Gasteiger partial charge < -0.3 is 0 Å². The molecule has 0 aliphatic carbocycles. The molecule has 0 atom stereocenters. The summed E-state index contributed by atoms with van der Waals surface area (Å²) in [6.07, 6.45) is 2.72. The Morgan fingerprint density at radius 3 is 1.21 bits per heavy atom. The van der Waals surface area contributed by atoms with Gasteiger partial charge in [0.2, 0.25) is 4.73 Å². The number of fused-ring (bicyclic) bond motifs is 5. The van der Waals surface area contributed by atoms with Crippen LogP contribution in [0.1, 0.15) is 55.4 Å². The van der Waals surface area contributed by atoms with Gasteiger partial charge in [0, 0.05) is 9.79 Å². The molecule has 0 spiro atoms. The molecular weight excluding hydrogens is 406 g/mol. The maximum absolute atomic E-state index is 2.72. The summed E-state index contributed by atoms with van der Waals surface area (Å²) in [5, 5.41) is 3.60. The molecule has 0 bridgehead atoms. The predicted molar refractivity (Wildman–Crippen MR) is 140 cm³/mol. The van der Waals surface area contributed by atoms with E-state index in [4.69, 9.17) is 0 Å². The first-order valence-electron chi connectivity index (χ1n) is 11.3. The number of rotatable bonds is 4. The van der Waals surface area contributed by atoms with Crippen LogP contribution in [0.3, 0.4) is 0 Å². The fourth-order valence-corrected chi connectivity index (χ4v) is 37.4. The maximum atomic E-state index is 2.72. The highest BCUT2D eigenvalue weighted by Crippen LogP contribution is 3.02. The van der Waals surface area contributed by atoms with Crippen LogP contribution in [-0.4, -0.2) is 33.6 Å². The molecule has 0 saturated heterocycles. The molecule has 0 radical (unpaired) electrons. The second kappa shape index (κ2) is 7.08. The van der Waals surface area contributed by atoms with Gasteiger partial charge in [-0.3, -0.25) is 0 Å². The highest BCUT2D eigenvalue weighted by Gasteiger charge is 2.81. The van der Waals surface area contributed by atoms with E-state index in [0.29, 0.717) is 0 Å². The summed E-state index contributed by atoms with van der Waals surface area (Å²) in [5.41, 5.74) is 2.98. The molecule has 29 heavy (non-hydrogen) atoms. The number of hydrogen-bond donors (Lipinski definition) is 0. The van der Waals surface area contributed by atoms with Gasteiger partial charge in [-0.05, 0) is 85.9 Å². The Labute approximate surface area is 182 Å². The minimum Gasteiger partial charge on any atom is -0.112 e. The first-order valence-corrected chi connectivity index (χ1v) is 17.4. The summed E-state index contributed by atoms with van der Waals surface area (Å²) in [6, 6.07) is 19.5. The lowest BCUT2D eigenvalue weighted by Gasteiger charge is -2.46. The molecule has 0 unspecified atom stereocenters. The van der Waals surface area contributed by atoms with Crippen molar-refractivity contribution < 1.29 is 0 Å². The lowest BCUT2D eigenvalue weighted by Crippen LogP contribution is -2.38. The normalized spacial score (nSPS) is 28.5. The van der Waals surface area contributed by atoms with E-state index in [-0.39, 0.29) is 0 Å². The fourth-order valence-electron chi connectivity index (χ4n) is 7.19. The van der Waals surface area contributed by atoms with E-state index < -0.39 is 24.6 Å². The molecule has 2 aliphatic heterocycles. The van der Waals surface area contributed by atoms with E-state index in [2.05, 4.69) is 110 Å². The molecule has 2 aliphatic rings. The molecule has 0 aromatic heterocycles. The lowest BCUT2D eigenvalue weighted by molar-refractivity contribution is 0.968. The van der Waals surface area contributed by atoms with Gasteiger partial charge in [0.25, 0.3) is 0 Å². The minimum absolute atomic E-state index is 0.745. The summed E-state index contributed by atoms with van der Waals surface area (Å²) in [4.78, 5) is 3.49. The standard InChI is InChI=1S/C26H40P2S/c1-18(2)27(19(3)4)22-14-10-12-16-24(22)29(9)25-17-13-11-15-23(25)28(20(5)6,21(7)8)26(27)29/h10-21,26H,1-9H3/q+2. The third-order valence-corrected chi connectivity index (χ3v) is 29.4. The molecule has 2 heterocycles. The quantitative estimate of drug-likeness (QED) is 0.421. The van der Waals surface area contributed by atoms with Crippen molar-refractivity contribution in [1.82, 2.24) is 0 Å². The molecule has 158 valence electrons. The van der Waals surface area contributed by atoms with Crippen LogP contribution in [0, 0.1) is 0 Å². The van der Waals surface area contributed by atoms with Crippen LogP contribution >= 0.6 is 24.6 Å². The molecule has 3 heteroatoms. The highest BCUT2D eigenvalue weighted by atomic mass is 32.3. The van der Waals surface area contributed by atoms with Crippen LogP contribution in [-0.2, 0) is 0 Å². The van der Waals surface area contributed by atoms with Crippen molar-refractivity contribution in [2.24, 2.45) is 0 Å². The monoisotopic (exact) mass is 446 g/mol. The van der Waals surface area contributed by atoms with E-state index >= 15 is 0 Å². The zero-order chi connectivity index (χ0) is 21.4. The Morgan fingerprint density at radius 2 is 0.897 bits per heavy atom. The lowest BCUT2D eigenvalue weighted by atomic mass is 10.4. The average molecular weight is 447 g/mol. The van der Waals surface area contributed by atoms with E-state index in [1.165, 1.54) is 0 Å². The van der Waals surface area contributed by atoms with Crippen LogP contribution < -0.4 is 10.6 Å². The van der Waals surface area contributed by atoms with Crippen molar-refractivity contribution in [3.63, 3.8) is 0 Å². The van der Waals surface area contributed by atoms with Crippen LogP contribution in [0.25, 0.3) is 0 Å². The van der Waals surface area contributed by atoms with Gasteiger partial charge in [-0.2, -0.15) is 0 Å². The minimum atomic E-state index is -1.38. The zero-order valence-electron chi connectivity index (χ0n) is 19.8. The Balaban J connectivity index is 2.24. The van der Waals surface area contributed by atoms with E-state index in [1.807, 2.05) is 0 Å². The molecule has 0 fully saturated rings. The van der Waals surface area contributed by atoms with Gasteiger partial charge in [0.1, 0.15) is 25.1 Å². The topological polar surface area (TPSA) is 0 Å². The molecule has 2 aromatic carbocycles. The molecular formula is C26H40P2S+2. The molecule has 0 saturated carbocycles. The summed E-state index contributed by atoms with van der Waals surface area (Å²) >= 11 is 0. The molecule has 0 amide bonds. The van der Waals surface area contributed by atoms with Crippen molar-refractivity contribution in [3.05, 3.63) is 48.5 Å². The molecule has 0 nitrogen and oxygen atoms in total. The van der Waals surface area contributed by atoms with E-state index in [0.717, 1.165) is 27.4 Å². The van der Waals surface area contributed by atoms with Gasteiger partial charge in [0.05, 0.1) is 22.6 Å². The van der Waals surface area contributed by atoms with Crippen molar-refractivity contribution in [3.8, 4) is 0 Å². The first kappa shape index (κ1) is 21.9. The smallest absolute Gasteiger partial charge is 0.112 e. The van der Waals surface area contributed by atoms with E-state index in [1.54, 1.807) is 20.4 Å². The summed E-state index contributed by atoms with van der Waals surface area (Å²) in [6.45, 7) is 20.5. The second-order valence-corrected chi connectivity index (χ2v) is 24.2. The molecule has 4 rings (SSSR count). The Kier molecular flexibility index (Phi) is 5.34. The average Bonchev–Trinajstić information content (AvgIpc) is 3.05. The molecule has 0 N–H and O–H groups in total. The largest absolute Gasteiger partial charge is 0.215 e. The fraction of sp³-hybridized carbons (Fsp3) is 0.538. The third-order valence-electron chi connectivity index (χ3n) is 8.05. The van der Waals surface area contributed by atoms with Gasteiger partial charge in [-0.25, -0.2) is 0 Å². The predicted octanol–water partition coefficient (Wildman–Crippen LogP) is 7.77. The van der Waals surface area contributed by atoms with Crippen LogP contribution in [0.4, 0.5) is 0 Å².